The molecule has 0 aliphatic carbocycles. The van der Waals surface area contributed by atoms with Crippen LogP contribution in [0.1, 0.15) is 32.1 Å². The standard InChI is InChI=1S/C40H35N5O3/c1-48-38-25-29(34-11-6-9-28-7-2-4-10-33(28)34)13-15-35(38)39(46)45-27-32-14-16-37(44(32)26-30-8-3-5-12-36(30)45)40(47)43-23-21-42(22-24-43)31-17-19-41-20-18-31/h2-20,25H,21-24,26-27H2,1H3. The molecule has 2 amide bonds. The number of methoxy groups -OCH3 is 1. The number of hydrogen-bond donors (Lipinski definition) is 0. The Hall–Kier alpha value is -5.89. The minimum absolute atomic E-state index is 0.0126. The van der Waals surface area contributed by atoms with Gasteiger partial charge in [-0.05, 0) is 69.9 Å². The van der Waals surface area contributed by atoms with Crippen LogP contribution in [0, 0.1) is 0 Å². The Morgan fingerprint density at radius 2 is 1.50 bits per heavy atom. The van der Waals surface area contributed by atoms with Crippen molar-refractivity contribution in [1.82, 2.24) is 14.5 Å². The maximum atomic E-state index is 14.5. The third-order valence-corrected chi connectivity index (χ3v) is 9.59. The summed E-state index contributed by atoms with van der Waals surface area (Å²) in [6.45, 7) is 3.62. The maximum Gasteiger partial charge on any atom is 0.270 e. The SMILES string of the molecule is COc1cc(-c2cccc3ccccc23)ccc1C(=O)N1Cc2ccc(C(=O)N3CCN(c4ccncc4)CC3)n2Cc2ccccc21. The fourth-order valence-electron chi connectivity index (χ4n) is 7.07. The fourth-order valence-corrected chi connectivity index (χ4v) is 7.07. The first-order chi connectivity index (χ1) is 23.6. The molecule has 2 aliphatic rings. The molecule has 238 valence electrons. The molecule has 0 bridgehead atoms. The van der Waals surface area contributed by atoms with Crippen molar-refractivity contribution in [1.29, 1.82) is 0 Å². The lowest BCUT2D eigenvalue weighted by molar-refractivity contribution is 0.0736. The average molecular weight is 634 g/mol. The molecule has 1 fully saturated rings. The van der Waals surface area contributed by atoms with Gasteiger partial charge in [0.2, 0.25) is 0 Å². The molecular formula is C40H35N5O3. The zero-order valence-corrected chi connectivity index (χ0v) is 26.8. The third kappa shape index (κ3) is 5.25. The number of fused-ring (bicyclic) bond motifs is 3. The lowest BCUT2D eigenvalue weighted by Gasteiger charge is -2.36. The van der Waals surface area contributed by atoms with Gasteiger partial charge in [0.1, 0.15) is 11.4 Å². The summed E-state index contributed by atoms with van der Waals surface area (Å²) in [6, 6.07) is 36.2. The Morgan fingerprint density at radius 3 is 2.33 bits per heavy atom. The lowest BCUT2D eigenvalue weighted by Crippen LogP contribution is -2.49. The maximum absolute atomic E-state index is 14.5. The molecule has 8 heteroatoms. The average Bonchev–Trinajstić information content (AvgIpc) is 3.46. The molecule has 8 rings (SSSR count). The van der Waals surface area contributed by atoms with E-state index in [1.165, 1.54) is 0 Å². The Balaban J connectivity index is 1.08. The van der Waals surface area contributed by atoms with Gasteiger partial charge >= 0.3 is 0 Å². The Bertz CT molecular complexity index is 2140. The molecule has 48 heavy (non-hydrogen) atoms. The number of carbonyl (C=O) groups is 2. The van der Waals surface area contributed by atoms with Crippen molar-refractivity contribution >= 4 is 34.0 Å². The van der Waals surface area contributed by atoms with Crippen molar-refractivity contribution in [3.8, 4) is 16.9 Å². The molecule has 2 aromatic heterocycles. The van der Waals surface area contributed by atoms with Crippen molar-refractivity contribution in [3.05, 3.63) is 144 Å². The molecule has 1 saturated heterocycles. The molecule has 0 atom stereocenters. The number of nitrogens with zero attached hydrogens (tertiary/aromatic N) is 5. The van der Waals surface area contributed by atoms with Gasteiger partial charge in [-0.1, -0.05) is 66.7 Å². The number of aromatic nitrogens is 2. The number of rotatable bonds is 5. The first-order valence-electron chi connectivity index (χ1n) is 16.3. The number of pyridine rings is 1. The number of para-hydroxylation sites is 1. The van der Waals surface area contributed by atoms with E-state index in [1.807, 2.05) is 94.7 Å². The molecule has 0 unspecified atom stereocenters. The van der Waals surface area contributed by atoms with Crippen LogP contribution >= 0.6 is 0 Å². The number of ether oxygens (including phenoxy) is 1. The number of piperazine rings is 1. The van der Waals surface area contributed by atoms with Crippen LogP contribution in [-0.4, -0.2) is 59.6 Å². The number of benzene rings is 4. The Labute approximate surface area is 279 Å². The predicted molar refractivity (Wildman–Crippen MR) is 189 cm³/mol. The van der Waals surface area contributed by atoms with Gasteiger partial charge in [-0.2, -0.15) is 0 Å². The van der Waals surface area contributed by atoms with E-state index in [-0.39, 0.29) is 11.8 Å². The summed E-state index contributed by atoms with van der Waals surface area (Å²) < 4.78 is 7.92. The lowest BCUT2D eigenvalue weighted by atomic mass is 9.97. The van der Waals surface area contributed by atoms with Crippen LogP contribution in [0.2, 0.25) is 0 Å². The Kier molecular flexibility index (Phi) is 7.61. The molecule has 0 radical (unpaired) electrons. The van der Waals surface area contributed by atoms with E-state index in [9.17, 15) is 9.59 Å². The largest absolute Gasteiger partial charge is 0.496 e. The second-order valence-electron chi connectivity index (χ2n) is 12.2. The molecule has 4 aromatic carbocycles. The molecule has 0 spiro atoms. The molecule has 0 saturated carbocycles. The molecule has 0 N–H and O–H groups in total. The summed E-state index contributed by atoms with van der Waals surface area (Å²) in [7, 11) is 1.61. The van der Waals surface area contributed by atoms with Gasteiger partial charge in [0.05, 0.1) is 25.8 Å². The van der Waals surface area contributed by atoms with E-state index in [4.69, 9.17) is 4.74 Å². The summed E-state index contributed by atoms with van der Waals surface area (Å²) in [4.78, 5) is 38.5. The predicted octanol–water partition coefficient (Wildman–Crippen LogP) is 6.88. The van der Waals surface area contributed by atoms with Crippen molar-refractivity contribution in [2.75, 3.05) is 43.1 Å². The van der Waals surface area contributed by atoms with Crippen LogP contribution in [0.15, 0.2) is 122 Å². The molecule has 2 aliphatic heterocycles. The van der Waals surface area contributed by atoms with Crippen LogP contribution in [0.3, 0.4) is 0 Å². The highest BCUT2D eigenvalue weighted by Gasteiger charge is 2.31. The van der Waals surface area contributed by atoms with E-state index >= 15 is 0 Å². The van der Waals surface area contributed by atoms with Crippen LogP contribution in [0.5, 0.6) is 5.75 Å². The van der Waals surface area contributed by atoms with Gasteiger partial charge in [-0.15, -0.1) is 0 Å². The fraction of sp³-hybridized carbons (Fsp3) is 0.175. The minimum atomic E-state index is -0.154. The van der Waals surface area contributed by atoms with Gasteiger partial charge in [0.25, 0.3) is 11.8 Å². The summed E-state index contributed by atoms with van der Waals surface area (Å²) in [6.07, 6.45) is 3.60. The highest BCUT2D eigenvalue weighted by molar-refractivity contribution is 6.09. The van der Waals surface area contributed by atoms with E-state index in [1.54, 1.807) is 19.5 Å². The number of amides is 2. The van der Waals surface area contributed by atoms with E-state index in [0.717, 1.165) is 57.6 Å². The summed E-state index contributed by atoms with van der Waals surface area (Å²) in [5, 5.41) is 2.30. The highest BCUT2D eigenvalue weighted by atomic mass is 16.5. The van der Waals surface area contributed by atoms with Crippen LogP contribution < -0.4 is 14.5 Å². The van der Waals surface area contributed by atoms with E-state index in [0.29, 0.717) is 43.2 Å². The molecule has 6 aromatic rings. The number of anilines is 2. The van der Waals surface area contributed by atoms with Crippen LogP contribution in [0.4, 0.5) is 11.4 Å². The second kappa shape index (κ2) is 12.4. The Morgan fingerprint density at radius 1 is 0.729 bits per heavy atom. The van der Waals surface area contributed by atoms with Gasteiger partial charge < -0.3 is 24.0 Å². The topological polar surface area (TPSA) is 70.9 Å². The smallest absolute Gasteiger partial charge is 0.270 e. The second-order valence-corrected chi connectivity index (χ2v) is 12.2. The van der Waals surface area contributed by atoms with Gasteiger partial charge in [-0.25, -0.2) is 0 Å². The van der Waals surface area contributed by atoms with Gasteiger partial charge in [-0.3, -0.25) is 14.6 Å². The molecule has 4 heterocycles. The first kappa shape index (κ1) is 29.5. The van der Waals surface area contributed by atoms with Crippen molar-refractivity contribution < 1.29 is 14.3 Å². The van der Waals surface area contributed by atoms with E-state index in [2.05, 4.69) is 38.7 Å². The molecular weight excluding hydrogens is 598 g/mol. The summed E-state index contributed by atoms with van der Waals surface area (Å²) >= 11 is 0. The quantitative estimate of drug-likeness (QED) is 0.207. The zero-order chi connectivity index (χ0) is 32.6. The normalized spacial score (nSPS) is 14.3. The number of carbonyl (C=O) groups excluding carboxylic acids is 2. The van der Waals surface area contributed by atoms with Gasteiger partial charge in [0, 0.05) is 55.6 Å². The van der Waals surface area contributed by atoms with Crippen molar-refractivity contribution in [3.63, 3.8) is 0 Å². The summed E-state index contributed by atoms with van der Waals surface area (Å²) in [5.41, 5.74) is 7.02. The number of hydrogen-bond acceptors (Lipinski definition) is 5. The molecule has 8 nitrogen and oxygen atoms in total. The third-order valence-electron chi connectivity index (χ3n) is 9.59. The minimum Gasteiger partial charge on any atom is -0.496 e. The zero-order valence-electron chi connectivity index (χ0n) is 26.8. The van der Waals surface area contributed by atoms with Crippen molar-refractivity contribution in [2.24, 2.45) is 0 Å². The monoisotopic (exact) mass is 633 g/mol. The van der Waals surface area contributed by atoms with Gasteiger partial charge in [0.15, 0.2) is 0 Å². The van der Waals surface area contributed by atoms with Crippen LogP contribution in [-0.2, 0) is 13.1 Å². The van der Waals surface area contributed by atoms with E-state index < -0.39 is 0 Å². The summed E-state index contributed by atoms with van der Waals surface area (Å²) in [5.74, 6) is 0.376. The highest BCUT2D eigenvalue weighted by Crippen LogP contribution is 2.36. The first-order valence-corrected chi connectivity index (χ1v) is 16.3. The van der Waals surface area contributed by atoms with Crippen LogP contribution in [0.25, 0.3) is 21.9 Å². The van der Waals surface area contributed by atoms with Crippen molar-refractivity contribution in [2.45, 2.75) is 13.1 Å².